The molecule has 1 amide bonds. The number of nitrogens with zero attached hydrogens (tertiary/aromatic N) is 3. The molecular formula is C14H15N4O3+. The highest BCUT2D eigenvalue weighted by Gasteiger charge is 2.09. The van der Waals surface area contributed by atoms with Crippen molar-refractivity contribution in [2.24, 2.45) is 10.9 Å². The summed E-state index contributed by atoms with van der Waals surface area (Å²) in [6.07, 6.45) is 11.8. The Hall–Kier alpha value is -2.80. The quantitative estimate of drug-likeness (QED) is 0.624. The highest BCUT2D eigenvalue weighted by Crippen LogP contribution is 2.12. The molecule has 1 aromatic rings. The maximum absolute atomic E-state index is 11.0. The van der Waals surface area contributed by atoms with E-state index < -0.39 is 5.91 Å². The second-order valence-electron chi connectivity index (χ2n) is 4.26. The Kier molecular flexibility index (Phi) is 4.94. The van der Waals surface area contributed by atoms with Crippen LogP contribution in [0.3, 0.4) is 0 Å². The predicted octanol–water partition coefficient (Wildman–Crippen LogP) is 0.998. The monoisotopic (exact) mass is 287 g/mol. The lowest BCUT2D eigenvalue weighted by Crippen LogP contribution is -2.36. The molecule has 0 bridgehead atoms. The molecule has 21 heavy (non-hydrogen) atoms. The van der Waals surface area contributed by atoms with Gasteiger partial charge in [0, 0.05) is 18.3 Å². The molecule has 0 aromatic carbocycles. The normalized spacial score (nSPS) is 15.4. The molecule has 7 heteroatoms. The van der Waals surface area contributed by atoms with Gasteiger partial charge in [-0.2, -0.15) is 4.57 Å². The van der Waals surface area contributed by atoms with Crippen LogP contribution in [0.25, 0.3) is 0 Å². The average molecular weight is 287 g/mol. The van der Waals surface area contributed by atoms with Gasteiger partial charge in [0.05, 0.1) is 17.5 Å². The van der Waals surface area contributed by atoms with E-state index in [4.69, 9.17) is 10.5 Å². The number of hydrogen-bond acceptors (Lipinski definition) is 5. The summed E-state index contributed by atoms with van der Waals surface area (Å²) in [7, 11) is 0. The van der Waals surface area contributed by atoms with Crippen LogP contribution >= 0.6 is 0 Å². The Bertz CT molecular complexity index is 605. The lowest BCUT2D eigenvalue weighted by atomic mass is 10.2. The number of carbonyl (C=O) groups is 1. The first-order valence-electron chi connectivity index (χ1n) is 6.21. The fourth-order valence-electron chi connectivity index (χ4n) is 1.73. The molecule has 2 heterocycles. The van der Waals surface area contributed by atoms with Gasteiger partial charge in [-0.25, -0.2) is 0 Å². The van der Waals surface area contributed by atoms with Gasteiger partial charge in [0.1, 0.15) is 6.73 Å². The van der Waals surface area contributed by atoms with Gasteiger partial charge in [-0.15, -0.1) is 4.91 Å². The maximum atomic E-state index is 11.0. The van der Waals surface area contributed by atoms with Crippen molar-refractivity contribution in [3.8, 4) is 0 Å². The number of aromatic nitrogens is 1. The number of carbonyl (C=O) groups excluding carboxylic acids is 1. The number of rotatable bonds is 6. The summed E-state index contributed by atoms with van der Waals surface area (Å²) < 4.78 is 7.30. The van der Waals surface area contributed by atoms with Crippen molar-refractivity contribution in [1.82, 2.24) is 4.90 Å². The third-order valence-corrected chi connectivity index (χ3v) is 2.81. The van der Waals surface area contributed by atoms with Crippen molar-refractivity contribution in [2.45, 2.75) is 6.73 Å². The summed E-state index contributed by atoms with van der Waals surface area (Å²) >= 11 is 0. The third-order valence-electron chi connectivity index (χ3n) is 2.81. The first kappa shape index (κ1) is 14.6. The van der Waals surface area contributed by atoms with Crippen molar-refractivity contribution in [3.05, 3.63) is 71.3 Å². The van der Waals surface area contributed by atoms with Gasteiger partial charge >= 0.3 is 0 Å². The number of hydrogen-bond donors (Lipinski definition) is 1. The van der Waals surface area contributed by atoms with E-state index in [9.17, 15) is 9.70 Å². The van der Waals surface area contributed by atoms with Crippen molar-refractivity contribution >= 4 is 5.91 Å². The summed E-state index contributed by atoms with van der Waals surface area (Å²) in [5.74, 6) is -0.468. The predicted molar refractivity (Wildman–Crippen MR) is 75.1 cm³/mol. The maximum Gasteiger partial charge on any atom is 0.254 e. The SMILES string of the molecule is NC(=O)c1cc[n+](COCN2C=CC=C/C2=C\N=O)cc1. The number of nitroso groups, excluding NO2 is 1. The summed E-state index contributed by atoms with van der Waals surface area (Å²) in [4.78, 5) is 23.0. The molecule has 1 aromatic heterocycles. The molecular weight excluding hydrogens is 272 g/mol. The topological polar surface area (TPSA) is 88.9 Å². The molecule has 2 N–H and O–H groups in total. The molecule has 1 aliphatic heterocycles. The third kappa shape index (κ3) is 4.08. The minimum atomic E-state index is -0.468. The Morgan fingerprint density at radius 1 is 1.38 bits per heavy atom. The van der Waals surface area contributed by atoms with Crippen LogP contribution in [-0.4, -0.2) is 17.5 Å². The standard InChI is InChI=1S/C14H14N4O3/c15-14(19)12-4-7-17(8-5-12)10-21-11-18-6-2-1-3-13(18)9-16-20/h1-9H,10-11H2,(H-,15,19)/p+1/b13-9+. The van der Waals surface area contributed by atoms with Gasteiger partial charge < -0.3 is 15.4 Å². The van der Waals surface area contributed by atoms with Crippen LogP contribution in [0, 0.1) is 4.91 Å². The van der Waals surface area contributed by atoms with Gasteiger partial charge in [-0.1, -0.05) is 6.08 Å². The van der Waals surface area contributed by atoms with Gasteiger partial charge in [0.15, 0.2) is 12.4 Å². The molecule has 1 aliphatic rings. The molecule has 0 unspecified atom stereocenters. The van der Waals surface area contributed by atoms with E-state index in [1.165, 1.54) is 6.20 Å². The van der Waals surface area contributed by atoms with Crippen molar-refractivity contribution in [2.75, 3.05) is 6.73 Å². The fourth-order valence-corrected chi connectivity index (χ4v) is 1.73. The van der Waals surface area contributed by atoms with Crippen LogP contribution in [0.4, 0.5) is 0 Å². The van der Waals surface area contributed by atoms with Gasteiger partial charge in [0.2, 0.25) is 5.91 Å². The molecule has 0 fully saturated rings. The molecule has 0 atom stereocenters. The van der Waals surface area contributed by atoms with Crippen LogP contribution in [-0.2, 0) is 11.5 Å². The van der Waals surface area contributed by atoms with E-state index in [0.29, 0.717) is 18.0 Å². The van der Waals surface area contributed by atoms with Crippen LogP contribution in [0.1, 0.15) is 10.4 Å². The molecule has 0 saturated carbocycles. The van der Waals surface area contributed by atoms with Gasteiger partial charge in [0.25, 0.3) is 6.73 Å². The van der Waals surface area contributed by atoms with Gasteiger partial charge in [-0.3, -0.25) is 4.79 Å². The summed E-state index contributed by atoms with van der Waals surface area (Å²) in [6, 6.07) is 3.24. The Morgan fingerprint density at radius 2 is 2.14 bits per heavy atom. The Morgan fingerprint density at radius 3 is 2.81 bits per heavy atom. The van der Waals surface area contributed by atoms with Crippen LogP contribution in [0.5, 0.6) is 0 Å². The molecule has 0 spiro atoms. The lowest BCUT2D eigenvalue weighted by Gasteiger charge is -2.21. The van der Waals surface area contributed by atoms with E-state index >= 15 is 0 Å². The molecule has 2 rings (SSSR count). The largest absolute Gasteiger partial charge is 0.366 e. The minimum Gasteiger partial charge on any atom is -0.366 e. The van der Waals surface area contributed by atoms with Crippen molar-refractivity contribution < 1.29 is 14.1 Å². The minimum absolute atomic E-state index is 0.271. The van der Waals surface area contributed by atoms with Crippen LogP contribution < -0.4 is 10.3 Å². The first-order valence-corrected chi connectivity index (χ1v) is 6.21. The smallest absolute Gasteiger partial charge is 0.254 e. The number of amides is 1. The molecule has 108 valence electrons. The zero-order chi connectivity index (χ0) is 15.1. The van der Waals surface area contributed by atoms with E-state index in [1.807, 2.05) is 12.2 Å². The lowest BCUT2D eigenvalue weighted by molar-refractivity contribution is -0.733. The van der Waals surface area contributed by atoms with Crippen molar-refractivity contribution in [1.29, 1.82) is 0 Å². The summed E-state index contributed by atoms with van der Waals surface area (Å²) in [5.41, 5.74) is 6.26. The molecule has 0 aliphatic carbocycles. The number of pyridine rings is 1. The number of nitrogens with two attached hydrogens (primary N) is 1. The second kappa shape index (κ2) is 7.11. The average Bonchev–Trinajstić information content (AvgIpc) is 2.50. The van der Waals surface area contributed by atoms with E-state index in [1.54, 1.807) is 46.3 Å². The van der Waals surface area contributed by atoms with Gasteiger partial charge in [-0.05, 0) is 17.3 Å². The summed E-state index contributed by atoms with van der Waals surface area (Å²) in [5, 5.41) is 2.76. The number of primary amides is 1. The van der Waals surface area contributed by atoms with Crippen molar-refractivity contribution in [3.63, 3.8) is 0 Å². The first-order chi connectivity index (χ1) is 10.2. The van der Waals surface area contributed by atoms with Crippen LogP contribution in [0.15, 0.2) is 66.0 Å². The zero-order valence-corrected chi connectivity index (χ0v) is 11.3. The summed E-state index contributed by atoms with van der Waals surface area (Å²) in [6.45, 7) is 0.571. The second-order valence-corrected chi connectivity index (χ2v) is 4.26. The molecule has 7 nitrogen and oxygen atoms in total. The Balaban J connectivity index is 1.87. The number of ether oxygens (including phenoxy) is 1. The fraction of sp³-hybridized carbons (Fsp3) is 0.143. The van der Waals surface area contributed by atoms with E-state index in [2.05, 4.69) is 5.18 Å². The molecule has 0 saturated heterocycles. The van der Waals surface area contributed by atoms with Crippen LogP contribution in [0.2, 0.25) is 0 Å². The highest BCUT2D eigenvalue weighted by atomic mass is 16.5. The van der Waals surface area contributed by atoms with E-state index in [-0.39, 0.29) is 6.73 Å². The number of allylic oxidation sites excluding steroid dienone is 3. The molecule has 0 radical (unpaired) electrons. The highest BCUT2D eigenvalue weighted by molar-refractivity contribution is 5.92. The Labute approximate surface area is 121 Å². The van der Waals surface area contributed by atoms with E-state index in [0.717, 1.165) is 0 Å². The zero-order valence-electron chi connectivity index (χ0n) is 11.3.